The van der Waals surface area contributed by atoms with Gasteiger partial charge in [-0.15, -0.1) is 0 Å². The van der Waals surface area contributed by atoms with Gasteiger partial charge in [-0.2, -0.15) is 0 Å². The van der Waals surface area contributed by atoms with Gasteiger partial charge in [-0.05, 0) is 42.3 Å². The van der Waals surface area contributed by atoms with Gasteiger partial charge in [0, 0.05) is 5.56 Å². The number of anilines is 1. The van der Waals surface area contributed by atoms with E-state index in [1.807, 2.05) is 30.3 Å². The summed E-state index contributed by atoms with van der Waals surface area (Å²) in [6.45, 7) is 5.53. The number of aliphatic hydroxyl groups excluding tert-OH is 1. The van der Waals surface area contributed by atoms with Crippen LogP contribution in [0.5, 0.6) is 11.5 Å². The highest BCUT2D eigenvalue weighted by molar-refractivity contribution is 7.17. The van der Waals surface area contributed by atoms with Crippen LogP contribution in [0.15, 0.2) is 97.1 Å². The van der Waals surface area contributed by atoms with Crippen LogP contribution in [0.4, 0.5) is 5.13 Å². The number of nitrogens with zero attached hydrogens (tertiary/aromatic N) is 2. The van der Waals surface area contributed by atoms with E-state index in [1.54, 1.807) is 55.5 Å². The lowest BCUT2D eigenvalue weighted by molar-refractivity contribution is -0.132. The molecule has 0 spiro atoms. The van der Waals surface area contributed by atoms with Crippen LogP contribution < -0.4 is 14.4 Å². The number of aromatic nitrogens is 1. The number of esters is 1. The number of methoxy groups -OCH3 is 1. The second kappa shape index (κ2) is 12.7. The van der Waals surface area contributed by atoms with E-state index in [9.17, 15) is 19.5 Å². The maximum atomic E-state index is 13.6. The molecule has 1 N–H and O–H groups in total. The molecule has 1 amide bonds. The average Bonchev–Trinajstić information content (AvgIpc) is 3.55. The quantitative estimate of drug-likeness (QED) is 0.0779. The van der Waals surface area contributed by atoms with Gasteiger partial charge in [-0.1, -0.05) is 78.6 Å². The highest BCUT2D eigenvalue weighted by Crippen LogP contribution is 2.44. The molecular formula is C33H28N2O7S. The van der Waals surface area contributed by atoms with E-state index in [0.717, 1.165) is 16.9 Å². The van der Waals surface area contributed by atoms with E-state index in [-0.39, 0.29) is 27.9 Å². The Labute approximate surface area is 252 Å². The number of carbonyl (C=O) groups is 3. The highest BCUT2D eigenvalue weighted by Gasteiger charge is 2.48. The number of Topliss-reactive ketones (excluding diaryl/α,β-unsaturated/α-hetero) is 1. The first-order valence-electron chi connectivity index (χ1n) is 13.3. The zero-order valence-electron chi connectivity index (χ0n) is 23.5. The third-order valence-corrected chi connectivity index (χ3v) is 7.88. The van der Waals surface area contributed by atoms with Gasteiger partial charge in [0.25, 0.3) is 5.78 Å². The van der Waals surface area contributed by atoms with Gasteiger partial charge in [0.2, 0.25) is 0 Å². The zero-order chi connectivity index (χ0) is 30.5. The van der Waals surface area contributed by atoms with Crippen LogP contribution in [0.2, 0.25) is 0 Å². The first-order valence-corrected chi connectivity index (χ1v) is 14.1. The lowest BCUT2D eigenvalue weighted by Crippen LogP contribution is -2.29. The van der Waals surface area contributed by atoms with E-state index in [0.29, 0.717) is 34.9 Å². The van der Waals surface area contributed by atoms with Crippen LogP contribution in [-0.2, 0) is 20.9 Å². The molecule has 0 bridgehead atoms. The Bertz CT molecular complexity index is 1710. The summed E-state index contributed by atoms with van der Waals surface area (Å²) in [7, 11) is 1.49. The van der Waals surface area contributed by atoms with Gasteiger partial charge in [0.05, 0.1) is 24.4 Å². The standard InChI is InChI=1S/C33H28N2O7S/c1-4-17-41-32(39)30-20(2)34-33(43-30)35-27(22-13-15-24(16-14-22)42-19-21-9-6-5-7-10-21)26(29(37)31(35)38)28(36)23-11-8-12-25(18-23)40-3/h4-16,18,27,36H,1,17,19H2,2-3H3. The van der Waals surface area contributed by atoms with Crippen molar-refractivity contribution in [2.24, 2.45) is 0 Å². The monoisotopic (exact) mass is 596 g/mol. The number of ether oxygens (including phenoxy) is 3. The van der Waals surface area contributed by atoms with Crippen molar-refractivity contribution in [2.75, 3.05) is 18.6 Å². The number of thiazole rings is 1. The van der Waals surface area contributed by atoms with E-state index < -0.39 is 23.7 Å². The summed E-state index contributed by atoms with van der Waals surface area (Å²) in [4.78, 5) is 45.6. The van der Waals surface area contributed by atoms with Crippen molar-refractivity contribution in [3.63, 3.8) is 0 Å². The molecule has 4 aromatic rings. The third-order valence-electron chi connectivity index (χ3n) is 6.74. The van der Waals surface area contributed by atoms with Crippen molar-refractivity contribution < 1.29 is 33.7 Å². The normalized spacial score (nSPS) is 15.8. The fraction of sp³-hybridized carbons (Fsp3) is 0.152. The summed E-state index contributed by atoms with van der Waals surface area (Å²) >= 11 is 0.928. The Morgan fingerprint density at radius 3 is 2.49 bits per heavy atom. The van der Waals surface area contributed by atoms with Crippen molar-refractivity contribution in [3.8, 4) is 11.5 Å². The van der Waals surface area contributed by atoms with Crippen LogP contribution in [-0.4, -0.2) is 41.5 Å². The van der Waals surface area contributed by atoms with Gasteiger partial charge < -0.3 is 19.3 Å². The number of carbonyl (C=O) groups excluding carboxylic acids is 3. The first kappa shape index (κ1) is 29.3. The highest BCUT2D eigenvalue weighted by atomic mass is 32.1. The summed E-state index contributed by atoms with van der Waals surface area (Å²) in [6.07, 6.45) is 1.44. The maximum Gasteiger partial charge on any atom is 0.350 e. The van der Waals surface area contributed by atoms with E-state index in [2.05, 4.69) is 11.6 Å². The topological polar surface area (TPSA) is 115 Å². The minimum absolute atomic E-state index is 0.00918. The maximum absolute atomic E-state index is 13.6. The molecule has 9 nitrogen and oxygen atoms in total. The average molecular weight is 597 g/mol. The molecule has 10 heteroatoms. The fourth-order valence-electron chi connectivity index (χ4n) is 4.63. The van der Waals surface area contributed by atoms with Crippen LogP contribution in [0, 0.1) is 6.92 Å². The fourth-order valence-corrected chi connectivity index (χ4v) is 5.62. The molecule has 218 valence electrons. The Kier molecular flexibility index (Phi) is 8.68. The number of hydrogen-bond donors (Lipinski definition) is 1. The van der Waals surface area contributed by atoms with Crippen LogP contribution in [0.1, 0.15) is 38.1 Å². The van der Waals surface area contributed by atoms with Crippen molar-refractivity contribution in [3.05, 3.63) is 124 Å². The number of aliphatic hydroxyl groups is 1. The van der Waals surface area contributed by atoms with E-state index in [4.69, 9.17) is 14.2 Å². The van der Waals surface area contributed by atoms with Crippen molar-refractivity contribution in [1.82, 2.24) is 4.98 Å². The Morgan fingerprint density at radius 2 is 1.79 bits per heavy atom. The first-order chi connectivity index (χ1) is 20.8. The molecule has 0 aliphatic carbocycles. The molecule has 1 unspecified atom stereocenters. The lowest BCUT2D eigenvalue weighted by atomic mass is 9.95. The smallest absolute Gasteiger partial charge is 0.350 e. The number of benzene rings is 3. The number of ketones is 1. The summed E-state index contributed by atoms with van der Waals surface area (Å²) in [5.41, 5.74) is 2.04. The summed E-state index contributed by atoms with van der Waals surface area (Å²) in [6, 6.07) is 22.1. The predicted octanol–water partition coefficient (Wildman–Crippen LogP) is 6.01. The van der Waals surface area contributed by atoms with Crippen LogP contribution in [0.25, 0.3) is 5.76 Å². The lowest BCUT2D eigenvalue weighted by Gasteiger charge is -2.23. The second-order valence-electron chi connectivity index (χ2n) is 9.54. The molecule has 3 aromatic carbocycles. The molecule has 1 saturated heterocycles. The molecule has 1 aliphatic heterocycles. The summed E-state index contributed by atoms with van der Waals surface area (Å²) < 4.78 is 16.4. The molecule has 1 aliphatic rings. The van der Waals surface area contributed by atoms with Gasteiger partial charge in [0.1, 0.15) is 35.3 Å². The molecule has 0 saturated carbocycles. The van der Waals surface area contributed by atoms with Crippen molar-refractivity contribution >= 4 is 39.9 Å². The third kappa shape index (κ3) is 6.05. The van der Waals surface area contributed by atoms with Gasteiger partial charge in [0.15, 0.2) is 5.13 Å². The minimum atomic E-state index is -1.04. The largest absolute Gasteiger partial charge is 0.507 e. The molecule has 1 fully saturated rings. The molecule has 1 aromatic heterocycles. The SMILES string of the molecule is C=CCOC(=O)c1sc(N2C(=O)C(=O)C(=C(O)c3cccc(OC)c3)C2c2ccc(OCc3ccccc3)cc2)nc1C. The molecule has 5 rings (SSSR count). The number of aryl methyl sites for hydroxylation is 1. The van der Waals surface area contributed by atoms with Crippen molar-refractivity contribution in [2.45, 2.75) is 19.6 Å². The molecule has 1 atom stereocenters. The zero-order valence-corrected chi connectivity index (χ0v) is 24.3. The Hall–Kier alpha value is -5.22. The number of rotatable bonds is 10. The van der Waals surface area contributed by atoms with Crippen LogP contribution in [0.3, 0.4) is 0 Å². The summed E-state index contributed by atoms with van der Waals surface area (Å²) in [5, 5.41) is 11.5. The Morgan fingerprint density at radius 1 is 1.05 bits per heavy atom. The number of hydrogen-bond acceptors (Lipinski definition) is 9. The Balaban J connectivity index is 1.57. The second-order valence-corrected chi connectivity index (χ2v) is 10.5. The van der Waals surface area contributed by atoms with Crippen LogP contribution >= 0.6 is 11.3 Å². The molecule has 0 radical (unpaired) electrons. The van der Waals surface area contributed by atoms with Gasteiger partial charge in [-0.3, -0.25) is 14.5 Å². The predicted molar refractivity (Wildman–Crippen MR) is 162 cm³/mol. The molecular weight excluding hydrogens is 568 g/mol. The number of amides is 1. The molecule has 2 heterocycles. The minimum Gasteiger partial charge on any atom is -0.507 e. The molecule has 43 heavy (non-hydrogen) atoms. The van der Waals surface area contributed by atoms with E-state index >= 15 is 0 Å². The van der Waals surface area contributed by atoms with Gasteiger partial charge in [-0.25, -0.2) is 9.78 Å². The van der Waals surface area contributed by atoms with E-state index in [1.165, 1.54) is 18.1 Å². The summed E-state index contributed by atoms with van der Waals surface area (Å²) in [5.74, 6) is -1.72. The van der Waals surface area contributed by atoms with Gasteiger partial charge >= 0.3 is 11.9 Å². The van der Waals surface area contributed by atoms with Crippen molar-refractivity contribution in [1.29, 1.82) is 0 Å².